The lowest BCUT2D eigenvalue weighted by molar-refractivity contribution is 0.101. The van der Waals surface area contributed by atoms with Crippen LogP contribution in [0, 0.1) is 19.7 Å². The third kappa shape index (κ3) is 1.84. The smallest absolute Gasteiger partial charge is 0.181 e. The summed E-state index contributed by atoms with van der Waals surface area (Å²) in [5.74, 6) is -0.559. The van der Waals surface area contributed by atoms with Crippen LogP contribution < -0.4 is 0 Å². The number of carbonyl (C=O) groups is 1. The first kappa shape index (κ1) is 11.4. The fraction of sp³-hybridized carbons (Fsp3) is 0.250. The highest BCUT2D eigenvalue weighted by Gasteiger charge is 2.17. The summed E-state index contributed by atoms with van der Waals surface area (Å²) >= 11 is 0. The summed E-state index contributed by atoms with van der Waals surface area (Å²) < 4.78 is 15.1. The summed E-state index contributed by atoms with van der Waals surface area (Å²) in [5, 5.41) is 7.61. The second-order valence-electron chi connectivity index (χ2n) is 3.90. The van der Waals surface area contributed by atoms with E-state index in [2.05, 4.69) is 10.3 Å². The van der Waals surface area contributed by atoms with E-state index < -0.39 is 0 Å². The van der Waals surface area contributed by atoms with E-state index in [-0.39, 0.29) is 17.3 Å². The van der Waals surface area contributed by atoms with Gasteiger partial charge in [0.15, 0.2) is 11.5 Å². The van der Waals surface area contributed by atoms with Crippen LogP contribution in [0.25, 0.3) is 5.69 Å². The molecule has 0 amide bonds. The van der Waals surface area contributed by atoms with Crippen LogP contribution in [0.5, 0.6) is 0 Å². The fourth-order valence-corrected chi connectivity index (χ4v) is 1.76. The van der Waals surface area contributed by atoms with Gasteiger partial charge in [0.1, 0.15) is 11.5 Å². The first-order chi connectivity index (χ1) is 8.02. The molecule has 0 aliphatic heterocycles. The minimum atomic E-state index is -0.381. The molecule has 0 fully saturated rings. The average Bonchev–Trinajstić information content (AvgIpc) is 2.61. The number of para-hydroxylation sites is 1. The molecule has 1 heterocycles. The topological polar surface area (TPSA) is 47.8 Å². The monoisotopic (exact) mass is 233 g/mol. The molecule has 2 rings (SSSR count). The molecule has 0 spiro atoms. The number of nitrogens with zero attached hydrogens (tertiary/aromatic N) is 3. The number of rotatable bonds is 2. The fourth-order valence-electron chi connectivity index (χ4n) is 1.76. The van der Waals surface area contributed by atoms with Crippen LogP contribution in [0.3, 0.4) is 0 Å². The van der Waals surface area contributed by atoms with Gasteiger partial charge in [0.05, 0.1) is 5.69 Å². The summed E-state index contributed by atoms with van der Waals surface area (Å²) in [6.07, 6.45) is 0. The Bertz CT molecular complexity index is 569. The molecule has 2 aromatic rings. The summed E-state index contributed by atoms with van der Waals surface area (Å²) in [6.45, 7) is 4.89. The molecule has 0 aliphatic carbocycles. The van der Waals surface area contributed by atoms with E-state index in [1.54, 1.807) is 26.0 Å². The van der Waals surface area contributed by atoms with Crippen LogP contribution in [0.15, 0.2) is 18.2 Å². The van der Waals surface area contributed by atoms with E-state index in [4.69, 9.17) is 0 Å². The highest BCUT2D eigenvalue weighted by atomic mass is 19.1. The SMILES string of the molecule is CC(=O)c1nnn(-c2c(C)cccc2F)c1C. The minimum Gasteiger partial charge on any atom is -0.293 e. The van der Waals surface area contributed by atoms with Crippen molar-refractivity contribution < 1.29 is 9.18 Å². The molecule has 17 heavy (non-hydrogen) atoms. The number of aryl methyl sites for hydroxylation is 1. The Morgan fingerprint density at radius 1 is 1.35 bits per heavy atom. The quantitative estimate of drug-likeness (QED) is 0.747. The molecule has 0 N–H and O–H groups in total. The maximum atomic E-state index is 13.8. The van der Waals surface area contributed by atoms with Crippen molar-refractivity contribution in [2.75, 3.05) is 0 Å². The maximum absolute atomic E-state index is 13.8. The van der Waals surface area contributed by atoms with Crippen LogP contribution in [-0.4, -0.2) is 20.8 Å². The summed E-state index contributed by atoms with van der Waals surface area (Å²) in [6, 6.07) is 4.77. The maximum Gasteiger partial charge on any atom is 0.181 e. The predicted octanol–water partition coefficient (Wildman–Crippen LogP) is 2.23. The van der Waals surface area contributed by atoms with Gasteiger partial charge in [-0.3, -0.25) is 4.79 Å². The lowest BCUT2D eigenvalue weighted by atomic mass is 10.2. The molecule has 88 valence electrons. The van der Waals surface area contributed by atoms with E-state index in [0.717, 1.165) is 5.56 Å². The van der Waals surface area contributed by atoms with Gasteiger partial charge in [0, 0.05) is 6.92 Å². The molecule has 1 aromatic heterocycles. The number of hydrogen-bond donors (Lipinski definition) is 0. The van der Waals surface area contributed by atoms with E-state index in [0.29, 0.717) is 11.4 Å². The van der Waals surface area contributed by atoms with Crippen molar-refractivity contribution in [3.63, 3.8) is 0 Å². The van der Waals surface area contributed by atoms with Gasteiger partial charge in [-0.05, 0) is 25.5 Å². The second-order valence-corrected chi connectivity index (χ2v) is 3.90. The minimum absolute atomic E-state index is 0.178. The predicted molar refractivity (Wildman–Crippen MR) is 60.8 cm³/mol. The van der Waals surface area contributed by atoms with Crippen molar-refractivity contribution in [2.45, 2.75) is 20.8 Å². The molecule has 4 nitrogen and oxygen atoms in total. The van der Waals surface area contributed by atoms with Crippen molar-refractivity contribution in [3.05, 3.63) is 41.0 Å². The number of carbonyl (C=O) groups excluding carboxylic acids is 1. The molecule has 0 bridgehead atoms. The van der Waals surface area contributed by atoms with Gasteiger partial charge in [0.2, 0.25) is 0 Å². The largest absolute Gasteiger partial charge is 0.293 e. The number of Topliss-reactive ketones (excluding diaryl/α,β-unsaturated/α-hetero) is 1. The van der Waals surface area contributed by atoms with Gasteiger partial charge in [-0.1, -0.05) is 17.3 Å². The normalized spacial score (nSPS) is 10.6. The molecule has 5 heteroatoms. The molecule has 0 aliphatic rings. The second kappa shape index (κ2) is 4.08. The van der Waals surface area contributed by atoms with Gasteiger partial charge in [-0.15, -0.1) is 5.10 Å². The summed E-state index contributed by atoms with van der Waals surface area (Å²) in [4.78, 5) is 11.3. The number of benzene rings is 1. The van der Waals surface area contributed by atoms with Crippen molar-refractivity contribution in [1.29, 1.82) is 0 Å². The summed E-state index contributed by atoms with van der Waals surface area (Å²) in [7, 11) is 0. The van der Waals surface area contributed by atoms with Gasteiger partial charge < -0.3 is 0 Å². The Hall–Kier alpha value is -2.04. The Balaban J connectivity index is 2.66. The lowest BCUT2D eigenvalue weighted by Crippen LogP contribution is -2.05. The molecular weight excluding hydrogens is 221 g/mol. The van der Waals surface area contributed by atoms with Gasteiger partial charge in [-0.2, -0.15) is 0 Å². The molecule has 0 saturated heterocycles. The molecular formula is C12H12FN3O. The first-order valence-electron chi connectivity index (χ1n) is 5.21. The molecule has 0 saturated carbocycles. The zero-order chi connectivity index (χ0) is 12.6. The van der Waals surface area contributed by atoms with E-state index >= 15 is 0 Å². The van der Waals surface area contributed by atoms with Crippen LogP contribution in [0.4, 0.5) is 4.39 Å². The van der Waals surface area contributed by atoms with Crippen LogP contribution in [-0.2, 0) is 0 Å². The summed E-state index contributed by atoms with van der Waals surface area (Å²) in [5.41, 5.74) is 1.90. The van der Waals surface area contributed by atoms with Crippen molar-refractivity contribution in [2.24, 2.45) is 0 Å². The highest BCUT2D eigenvalue weighted by Crippen LogP contribution is 2.19. The van der Waals surface area contributed by atoms with Gasteiger partial charge in [0.25, 0.3) is 0 Å². The average molecular weight is 233 g/mol. The van der Waals surface area contributed by atoms with E-state index in [1.165, 1.54) is 17.7 Å². The zero-order valence-corrected chi connectivity index (χ0v) is 9.86. The molecule has 0 radical (unpaired) electrons. The zero-order valence-electron chi connectivity index (χ0n) is 9.86. The first-order valence-corrected chi connectivity index (χ1v) is 5.21. The van der Waals surface area contributed by atoms with Crippen LogP contribution >= 0.6 is 0 Å². The van der Waals surface area contributed by atoms with E-state index in [9.17, 15) is 9.18 Å². The van der Waals surface area contributed by atoms with Crippen LogP contribution in [0.2, 0.25) is 0 Å². The van der Waals surface area contributed by atoms with Gasteiger partial charge in [-0.25, -0.2) is 9.07 Å². The van der Waals surface area contributed by atoms with Crippen molar-refractivity contribution in [3.8, 4) is 5.69 Å². The number of ketones is 1. The van der Waals surface area contributed by atoms with E-state index in [1.807, 2.05) is 0 Å². The van der Waals surface area contributed by atoms with Gasteiger partial charge >= 0.3 is 0 Å². The Morgan fingerprint density at radius 3 is 2.59 bits per heavy atom. The van der Waals surface area contributed by atoms with Crippen LogP contribution in [0.1, 0.15) is 28.7 Å². The molecule has 1 aromatic carbocycles. The highest BCUT2D eigenvalue weighted by molar-refractivity contribution is 5.93. The number of hydrogen-bond acceptors (Lipinski definition) is 3. The number of halogens is 1. The molecule has 0 atom stereocenters. The standard InChI is InChI=1S/C12H12FN3O/c1-7-5-4-6-10(13)12(7)16-8(2)11(9(3)17)14-15-16/h4-6H,1-3H3. The van der Waals surface area contributed by atoms with Crippen molar-refractivity contribution in [1.82, 2.24) is 15.0 Å². The van der Waals surface area contributed by atoms with Crippen molar-refractivity contribution >= 4 is 5.78 Å². The molecule has 0 unspecified atom stereocenters. The number of aromatic nitrogens is 3. The Labute approximate surface area is 98.1 Å². The third-order valence-corrected chi connectivity index (χ3v) is 2.63. The Morgan fingerprint density at radius 2 is 2.06 bits per heavy atom. The third-order valence-electron chi connectivity index (χ3n) is 2.63. The lowest BCUT2D eigenvalue weighted by Gasteiger charge is -2.07. The Kier molecular flexibility index (Phi) is 2.75.